The van der Waals surface area contributed by atoms with Gasteiger partial charge in [0.25, 0.3) is 0 Å². The van der Waals surface area contributed by atoms with Gasteiger partial charge in [-0.25, -0.2) is 4.39 Å². The Morgan fingerprint density at radius 2 is 1.51 bits per heavy atom. The summed E-state index contributed by atoms with van der Waals surface area (Å²) in [5.41, 5.74) is 6.45. The van der Waals surface area contributed by atoms with E-state index in [4.69, 9.17) is 9.73 Å². The second kappa shape index (κ2) is 37.1. The quantitative estimate of drug-likeness (QED) is 0.0828. The number of rotatable bonds is 24. The number of carbonyl (C=O) groups excluding carboxylic acids is 2. The molecule has 1 aromatic carbocycles. The van der Waals surface area contributed by atoms with Crippen LogP contribution in [0.4, 0.5) is 4.39 Å². The normalized spacial score (nSPS) is 19.0. The minimum Gasteiger partial charge on any atom is -0.367 e. The first-order valence-corrected chi connectivity index (χ1v) is 28.6. The maximum Gasteiger partial charge on any atom is 0.167 e. The molecule has 0 bridgehead atoms. The van der Waals surface area contributed by atoms with E-state index < -0.39 is 16.8 Å². The predicted molar refractivity (Wildman–Crippen MR) is 317 cm³/mol. The maximum absolute atomic E-state index is 14.3. The van der Waals surface area contributed by atoms with E-state index in [2.05, 4.69) is 120 Å². The molecule has 1 saturated carbocycles. The molecular weight excluding hydrogens is 888 g/mol. The summed E-state index contributed by atoms with van der Waals surface area (Å²) in [5.74, 6) is 3.29. The molecular formula is C66H113FN2O3. The fourth-order valence-electron chi connectivity index (χ4n) is 9.45. The Kier molecular flexibility index (Phi) is 36.3. The first kappa shape index (κ1) is 70.4. The summed E-state index contributed by atoms with van der Waals surface area (Å²) in [6, 6.07) is 6.35. The molecule has 72 heavy (non-hydrogen) atoms. The molecule has 0 amide bonds. The van der Waals surface area contributed by atoms with E-state index in [0.717, 1.165) is 115 Å². The van der Waals surface area contributed by atoms with E-state index in [-0.39, 0.29) is 17.6 Å². The molecule has 6 heteroatoms. The molecule has 1 saturated heterocycles. The average Bonchev–Trinajstić information content (AvgIpc) is 3.78. The third kappa shape index (κ3) is 25.5. The van der Waals surface area contributed by atoms with Gasteiger partial charge >= 0.3 is 0 Å². The Morgan fingerprint density at radius 3 is 1.90 bits per heavy atom. The summed E-state index contributed by atoms with van der Waals surface area (Å²) >= 11 is 0. The van der Waals surface area contributed by atoms with Crippen molar-refractivity contribution in [1.82, 2.24) is 5.32 Å². The Balaban J connectivity index is 0. The van der Waals surface area contributed by atoms with Gasteiger partial charge in [0.1, 0.15) is 17.2 Å². The highest BCUT2D eigenvalue weighted by Gasteiger charge is 2.41. The predicted octanol–water partition coefficient (Wildman–Crippen LogP) is 20.2. The van der Waals surface area contributed by atoms with Crippen LogP contribution in [0.3, 0.4) is 0 Å². The zero-order chi connectivity index (χ0) is 55.8. The van der Waals surface area contributed by atoms with Crippen molar-refractivity contribution < 1.29 is 18.7 Å². The van der Waals surface area contributed by atoms with Gasteiger partial charge in [-0.3, -0.25) is 14.6 Å². The smallest absolute Gasteiger partial charge is 0.167 e. The van der Waals surface area contributed by atoms with E-state index >= 15 is 0 Å². The van der Waals surface area contributed by atoms with Gasteiger partial charge in [0.2, 0.25) is 0 Å². The summed E-state index contributed by atoms with van der Waals surface area (Å²) in [6.07, 6.45) is 25.6. The standard InChI is InChI=1S/C36H51FN2O.C10H18O2.C8H16.C8H18.C4H10/c1-12-17-33(32(37)16-5)39-29(11)28(10)34(38-22-15-4)24-26(8)30-18-19-31(27(9)23-30)36(20-13-2,21-14-3)35(40)25(6)7;1-4-8(2)9(11)10(3)6-5-7-12-10;1-3-4-8-5-7(2)6-8;1-5-7-8(3,4)6-2;1-4(2)3/h12,16-19,22-25,39H,5,8,13-15,20-21H2,1-4,6-7,9-11H3;8H,4-7H2,1-3H3;7-8H,3-6H2,1-2H3;5-7H2,1-4H3;4H,1-3H3/b17-12-,29-28+,33-32-,34-24+,38-22?;;;;. The number of allylic oxidation sites excluding steroid dienone is 8. The van der Waals surface area contributed by atoms with E-state index in [0.29, 0.717) is 16.9 Å². The molecule has 3 rings (SSSR count). The topological polar surface area (TPSA) is 67.8 Å². The van der Waals surface area contributed by atoms with Crippen molar-refractivity contribution in [2.24, 2.45) is 40.0 Å². The Morgan fingerprint density at radius 1 is 0.944 bits per heavy atom. The number of aryl methyl sites for hydroxylation is 1. The van der Waals surface area contributed by atoms with E-state index in [1.165, 1.54) is 51.0 Å². The number of nitrogens with zero attached hydrogens (tertiary/aromatic N) is 1. The third-order valence-electron chi connectivity index (χ3n) is 14.1. The third-order valence-corrected chi connectivity index (χ3v) is 14.1. The van der Waals surface area contributed by atoms with Crippen LogP contribution in [0.2, 0.25) is 0 Å². The van der Waals surface area contributed by atoms with Crippen molar-refractivity contribution >= 4 is 23.4 Å². The van der Waals surface area contributed by atoms with Crippen LogP contribution < -0.4 is 5.32 Å². The first-order valence-electron chi connectivity index (χ1n) is 28.6. The average molecular weight is 1000 g/mol. The number of aliphatic imine (C=N–C) groups is 1. The van der Waals surface area contributed by atoms with Crippen molar-refractivity contribution in [2.45, 2.75) is 253 Å². The van der Waals surface area contributed by atoms with Gasteiger partial charge < -0.3 is 10.1 Å². The van der Waals surface area contributed by atoms with Crippen molar-refractivity contribution in [3.05, 3.63) is 101 Å². The van der Waals surface area contributed by atoms with Crippen LogP contribution in [0.25, 0.3) is 5.57 Å². The molecule has 1 aliphatic heterocycles. The summed E-state index contributed by atoms with van der Waals surface area (Å²) in [6.45, 7) is 53.1. The molecule has 0 aromatic heterocycles. The van der Waals surface area contributed by atoms with Crippen LogP contribution in [-0.2, 0) is 19.7 Å². The second-order valence-electron chi connectivity index (χ2n) is 22.8. The van der Waals surface area contributed by atoms with E-state index in [1.54, 1.807) is 12.2 Å². The highest BCUT2D eigenvalue weighted by Crippen LogP contribution is 2.41. The fourth-order valence-corrected chi connectivity index (χ4v) is 9.45. The van der Waals surface area contributed by atoms with Crippen molar-refractivity contribution in [2.75, 3.05) is 6.61 Å². The molecule has 2 atom stereocenters. The number of carbonyl (C=O) groups is 2. The van der Waals surface area contributed by atoms with Gasteiger partial charge in [-0.2, -0.15) is 0 Å². The summed E-state index contributed by atoms with van der Waals surface area (Å²) < 4.78 is 19.8. The molecule has 0 radical (unpaired) electrons. The van der Waals surface area contributed by atoms with Crippen LogP contribution in [0.5, 0.6) is 0 Å². The van der Waals surface area contributed by atoms with Gasteiger partial charge in [0.15, 0.2) is 5.78 Å². The van der Waals surface area contributed by atoms with Gasteiger partial charge in [-0.1, -0.05) is 187 Å². The van der Waals surface area contributed by atoms with Crippen LogP contribution in [-0.4, -0.2) is 30.0 Å². The Labute approximate surface area is 445 Å². The van der Waals surface area contributed by atoms with E-state index in [1.807, 2.05) is 74.6 Å². The summed E-state index contributed by atoms with van der Waals surface area (Å²) in [7, 11) is 0. The summed E-state index contributed by atoms with van der Waals surface area (Å²) in [5, 5.41) is 3.16. The van der Waals surface area contributed by atoms with Crippen LogP contribution in [0.1, 0.15) is 251 Å². The zero-order valence-corrected chi connectivity index (χ0v) is 50.8. The molecule has 1 aliphatic carbocycles. The minimum atomic E-state index is -0.463. The number of hydrogen-bond acceptors (Lipinski definition) is 5. The lowest BCUT2D eigenvalue weighted by Gasteiger charge is -2.36. The molecule has 0 spiro atoms. The second-order valence-corrected chi connectivity index (χ2v) is 22.8. The number of nitrogens with one attached hydrogen (secondary N) is 1. The maximum atomic E-state index is 14.3. The van der Waals surface area contributed by atoms with Crippen LogP contribution >= 0.6 is 0 Å². The number of Topliss-reactive ketones (excluding diaryl/α,β-unsaturated/α-hetero) is 2. The molecule has 2 unspecified atom stereocenters. The Bertz CT molecular complexity index is 1880. The summed E-state index contributed by atoms with van der Waals surface area (Å²) in [4.78, 5) is 30.1. The number of ketones is 2. The lowest BCUT2D eigenvalue weighted by molar-refractivity contribution is -0.141. The molecule has 5 nitrogen and oxygen atoms in total. The highest BCUT2D eigenvalue weighted by molar-refractivity contribution is 5.92. The number of ether oxygens (including phenoxy) is 1. The van der Waals surface area contributed by atoms with Gasteiger partial charge in [0.05, 0.1) is 16.8 Å². The number of benzene rings is 1. The first-order chi connectivity index (χ1) is 33.7. The van der Waals surface area contributed by atoms with Crippen molar-refractivity contribution in [3.63, 3.8) is 0 Å². The lowest BCUT2D eigenvalue weighted by atomic mass is 9.66. The molecule has 2 aliphatic rings. The van der Waals surface area contributed by atoms with Gasteiger partial charge in [0, 0.05) is 30.4 Å². The zero-order valence-electron chi connectivity index (χ0n) is 50.8. The van der Waals surface area contributed by atoms with Crippen molar-refractivity contribution in [1.29, 1.82) is 0 Å². The van der Waals surface area contributed by atoms with Gasteiger partial charge in [-0.05, 0) is 162 Å². The SMILES string of the molecule is C=C/C(F)=C(\C=C/C)N/C(C)=C(C)/C(=C\C(=C)c1ccc(C(CCC)(CCC)C(=O)C(C)C)c(C)c1)N=CCC.CC(C)C.CCC(C)C(=O)C1(C)CCCO1.CCCC(C)(C)CC.CCCC1CC(C)C1. The van der Waals surface area contributed by atoms with E-state index in [9.17, 15) is 14.0 Å². The molecule has 1 N–H and O–H groups in total. The van der Waals surface area contributed by atoms with Gasteiger partial charge in [-0.15, -0.1) is 0 Å². The highest BCUT2D eigenvalue weighted by atomic mass is 19.1. The number of hydrogen-bond donors (Lipinski definition) is 1. The van der Waals surface area contributed by atoms with Crippen LogP contribution in [0, 0.1) is 41.9 Å². The van der Waals surface area contributed by atoms with Crippen LogP contribution in [0.15, 0.2) is 89.1 Å². The molecule has 2 fully saturated rings. The Hall–Kier alpha value is -3.64. The fraction of sp³-hybridized carbons (Fsp3) is 0.682. The lowest BCUT2D eigenvalue weighted by Crippen LogP contribution is -2.39. The molecule has 1 heterocycles. The monoisotopic (exact) mass is 1000 g/mol. The number of halogens is 1. The molecule has 412 valence electrons. The minimum absolute atomic E-state index is 0.0243. The molecule has 1 aromatic rings. The van der Waals surface area contributed by atoms with Crippen molar-refractivity contribution in [3.8, 4) is 0 Å². The largest absolute Gasteiger partial charge is 0.367 e.